The predicted molar refractivity (Wildman–Crippen MR) is 91.6 cm³/mol. The topological polar surface area (TPSA) is 83.5 Å². The van der Waals surface area contributed by atoms with Gasteiger partial charge in [-0.1, -0.05) is 68.4 Å². The Morgan fingerprint density at radius 1 is 1.00 bits per heavy atom. The molecule has 0 saturated carbocycles. The molecule has 0 bridgehead atoms. The van der Waals surface area contributed by atoms with Crippen molar-refractivity contribution in [3.63, 3.8) is 0 Å². The summed E-state index contributed by atoms with van der Waals surface area (Å²) in [6.45, 7) is 4.00. The summed E-state index contributed by atoms with van der Waals surface area (Å²) in [5.74, 6) is -1.23. The molecule has 0 spiro atoms. The predicted octanol–water partition coefficient (Wildman–Crippen LogP) is 2.60. The van der Waals surface area contributed by atoms with Gasteiger partial charge in [-0.3, -0.25) is 9.59 Å². The van der Waals surface area contributed by atoms with Gasteiger partial charge in [0, 0.05) is 17.5 Å². The van der Waals surface area contributed by atoms with Gasteiger partial charge in [0.2, 0.25) is 0 Å². The Kier molecular flexibility index (Phi) is 9.03. The van der Waals surface area contributed by atoms with Crippen LogP contribution in [0.5, 0.6) is 0 Å². The summed E-state index contributed by atoms with van der Waals surface area (Å²) in [7, 11) is 0. The fourth-order valence-corrected chi connectivity index (χ4v) is 2.06. The molecule has 0 aliphatic rings. The van der Waals surface area contributed by atoms with Crippen LogP contribution in [0.25, 0.3) is 0 Å². The first-order chi connectivity index (χ1) is 11.6. The Balaban J connectivity index is 0.00000185. The Bertz CT molecular complexity index is 672. The van der Waals surface area contributed by atoms with E-state index in [0.29, 0.717) is 16.7 Å². The van der Waals surface area contributed by atoms with E-state index in [2.05, 4.69) is 5.32 Å². The van der Waals surface area contributed by atoms with Crippen molar-refractivity contribution in [3.05, 3.63) is 71.3 Å². The molecule has 0 aliphatic heterocycles. The van der Waals surface area contributed by atoms with Crippen LogP contribution in [0, 0.1) is 0 Å². The molecule has 6 heteroatoms. The Morgan fingerprint density at radius 2 is 1.52 bits per heavy atom. The van der Waals surface area contributed by atoms with Gasteiger partial charge in [-0.2, -0.15) is 6.41 Å². The summed E-state index contributed by atoms with van der Waals surface area (Å²) in [6.07, 6.45) is 1.51. The van der Waals surface area contributed by atoms with Crippen molar-refractivity contribution in [2.24, 2.45) is 0 Å². The second kappa shape index (κ2) is 10.7. The largest absolute Gasteiger partial charge is 0.520 e. The van der Waals surface area contributed by atoms with Gasteiger partial charge >= 0.3 is 5.97 Å². The minimum atomic E-state index is -1.13. The second-order valence-corrected chi connectivity index (χ2v) is 4.73. The van der Waals surface area contributed by atoms with E-state index in [1.165, 1.54) is 6.41 Å². The first-order valence-corrected chi connectivity index (χ1v) is 7.66. The van der Waals surface area contributed by atoms with Crippen LogP contribution in [0.15, 0.2) is 54.6 Å². The minimum absolute atomic E-state index is 0. The number of nitrogens with one attached hydrogen (secondary N) is 1. The summed E-state index contributed by atoms with van der Waals surface area (Å²) < 4.78 is 0. The van der Waals surface area contributed by atoms with Gasteiger partial charge in [0.25, 0.3) is 0 Å². The number of carbonyl (C=O) groups excluding carboxylic acids is 2. The van der Waals surface area contributed by atoms with Crippen molar-refractivity contribution in [3.8, 4) is 0 Å². The van der Waals surface area contributed by atoms with Gasteiger partial charge in [0.1, 0.15) is 6.04 Å². The summed E-state index contributed by atoms with van der Waals surface area (Å²) >= 11 is 0. The number of hydrogen-bond acceptors (Lipinski definition) is 3. The molecular weight excluding hydrogens is 563 g/mol. The van der Waals surface area contributed by atoms with E-state index in [0.717, 1.165) is 0 Å². The van der Waals surface area contributed by atoms with Crippen molar-refractivity contribution in [2.75, 3.05) is 0 Å². The molecule has 0 heterocycles. The van der Waals surface area contributed by atoms with E-state index in [4.69, 9.17) is 5.11 Å². The maximum Gasteiger partial charge on any atom is 0.323 e. The van der Waals surface area contributed by atoms with E-state index in [-0.39, 0.29) is 12.2 Å². The van der Waals surface area contributed by atoms with E-state index in [9.17, 15) is 14.4 Å². The van der Waals surface area contributed by atoms with Crippen molar-refractivity contribution >= 4 is 18.2 Å². The molecule has 0 aliphatic carbocycles. The molecule has 2 aromatic carbocycles. The molecule has 1 amide bonds. The standard InChI is InChI=1S/C17H14NO4.C2H6.Fm/c19-11-18-15(17(21)22)10-12-6-8-14(9-7-12)16(20)13-4-2-1-3-5-13;1-2;/h1-9,15H,10H2,(H,18,19)(H,21,22);1-2H3;/q-1;;. The van der Waals surface area contributed by atoms with Crippen LogP contribution in [0.2, 0.25) is 0 Å². The van der Waals surface area contributed by atoms with E-state index in [1.54, 1.807) is 48.5 Å². The molecule has 138 valence electrons. The van der Waals surface area contributed by atoms with Crippen molar-refractivity contribution in [1.82, 2.24) is 5.32 Å². The second-order valence-electron chi connectivity index (χ2n) is 4.73. The first kappa shape index (κ1) is 21.0. The van der Waals surface area contributed by atoms with Crippen molar-refractivity contribution in [1.29, 1.82) is 0 Å². The smallest absolute Gasteiger partial charge is 0.323 e. The van der Waals surface area contributed by atoms with Crippen LogP contribution in [-0.4, -0.2) is 29.3 Å². The Morgan fingerprint density at radius 3 is 2.00 bits per heavy atom. The van der Waals surface area contributed by atoms with E-state index >= 15 is 0 Å². The number of aliphatic carboxylic acids is 1. The number of rotatable bonds is 7. The summed E-state index contributed by atoms with van der Waals surface area (Å²) in [5.41, 5.74) is 1.83. The van der Waals surface area contributed by atoms with Crippen LogP contribution in [-0.2, 0) is 16.0 Å². The number of ketones is 1. The van der Waals surface area contributed by atoms with Crippen LogP contribution in [0.1, 0.15) is 35.3 Å². The van der Waals surface area contributed by atoms with Crippen molar-refractivity contribution < 1.29 is 19.5 Å². The molecule has 5 nitrogen and oxygen atoms in total. The average Bonchev–Trinajstić information content (AvgIpc) is 2.63. The third-order valence-corrected chi connectivity index (χ3v) is 3.22. The summed E-state index contributed by atoms with van der Waals surface area (Å²) in [6, 6.07) is 14.5. The number of benzene rings is 2. The normalized spacial score (nSPS) is 10.3. The molecule has 0 saturated heterocycles. The SMILES string of the molecule is CC.O=[C-]NC(Cc1ccc(C(=O)c2ccccc2)cc1)C(=O)O.[Fm]. The molecular formula is C19H20FmNO4-. The molecule has 1 unspecified atom stereocenters. The van der Waals surface area contributed by atoms with Gasteiger partial charge in [-0.05, 0) is 5.56 Å². The molecule has 0 aromatic heterocycles. The van der Waals surface area contributed by atoms with Crippen LogP contribution < -0.4 is 5.32 Å². The molecule has 0 fully saturated rings. The molecule has 2 rings (SSSR count). The minimum Gasteiger partial charge on any atom is -0.520 e. The van der Waals surface area contributed by atoms with Gasteiger partial charge in [0.15, 0.2) is 5.78 Å². The average molecular weight is 583 g/mol. The van der Waals surface area contributed by atoms with Crippen LogP contribution in [0.4, 0.5) is 0 Å². The fraction of sp³-hybridized carbons (Fsp3) is 0.211. The van der Waals surface area contributed by atoms with Crippen molar-refractivity contribution in [2.45, 2.75) is 26.3 Å². The molecule has 0 radical (unpaired) electrons. The van der Waals surface area contributed by atoms with Crippen LogP contribution >= 0.6 is 0 Å². The molecule has 2 aromatic rings. The number of carboxylic acid groups (broad SMARTS) is 1. The Hall–Kier alpha value is -3.95. The van der Waals surface area contributed by atoms with Crippen LogP contribution in [0.3, 0.4) is 0 Å². The number of carboxylic acids is 1. The summed E-state index contributed by atoms with van der Waals surface area (Å²) in [4.78, 5) is 33.5. The number of hydrogen-bond donors (Lipinski definition) is 2. The fourth-order valence-electron chi connectivity index (χ4n) is 2.06. The monoisotopic (exact) mass is 583 g/mol. The first-order valence-electron chi connectivity index (χ1n) is 7.66. The van der Waals surface area contributed by atoms with Gasteiger partial charge in [0.05, 0.1) is 0 Å². The van der Waals surface area contributed by atoms with Gasteiger partial charge < -0.3 is 15.2 Å². The van der Waals surface area contributed by atoms with E-state index in [1.807, 2.05) is 19.9 Å². The Labute approximate surface area is 141 Å². The maximum absolute atomic E-state index is 12.2. The third kappa shape index (κ3) is 5.98. The molecule has 2 N–H and O–H groups in total. The number of amides is 1. The number of carbonyl (C=O) groups is 2. The maximum atomic E-state index is 12.2. The molecule has 25 heavy (non-hydrogen) atoms. The zero-order chi connectivity index (χ0) is 17.9. The zero-order valence-electron chi connectivity index (χ0n) is 13.9. The third-order valence-electron chi connectivity index (χ3n) is 3.22. The molecule has 1 atom stereocenters. The van der Waals surface area contributed by atoms with Gasteiger partial charge in [-0.15, -0.1) is 0 Å². The van der Waals surface area contributed by atoms with Gasteiger partial charge in [-0.25, -0.2) is 0 Å². The quantitative estimate of drug-likeness (QED) is 0.299. The zero-order valence-corrected chi connectivity index (χ0v) is 16.3. The summed E-state index contributed by atoms with van der Waals surface area (Å²) in [5, 5.41) is 11.1. The van der Waals surface area contributed by atoms with E-state index < -0.39 is 12.0 Å².